The number of allylic oxidation sites excluding steroid dienone is 1. The van der Waals surface area contributed by atoms with E-state index >= 15 is 0 Å². The minimum Gasteiger partial charge on any atom is -0.449 e. The van der Waals surface area contributed by atoms with Crippen molar-refractivity contribution in [3.05, 3.63) is 82.4 Å². The van der Waals surface area contributed by atoms with Gasteiger partial charge in [0.15, 0.2) is 6.61 Å². The molecule has 37 heavy (non-hydrogen) atoms. The van der Waals surface area contributed by atoms with Gasteiger partial charge in [-0.2, -0.15) is 5.26 Å². The molecule has 2 unspecified atom stereocenters. The van der Waals surface area contributed by atoms with E-state index in [1.54, 1.807) is 12.1 Å². The summed E-state index contributed by atoms with van der Waals surface area (Å²) in [4.78, 5) is 45.1. The molecule has 1 amide bonds. The summed E-state index contributed by atoms with van der Waals surface area (Å²) in [6.45, 7) is 4.45. The number of rotatable bonds is 14. The van der Waals surface area contributed by atoms with E-state index in [0.717, 1.165) is 0 Å². The maximum Gasteiger partial charge on any atom is 0.528 e. The van der Waals surface area contributed by atoms with Gasteiger partial charge in [-0.15, -0.1) is 6.58 Å². The molecule has 0 saturated heterocycles. The zero-order valence-corrected chi connectivity index (χ0v) is 20.8. The molecule has 0 aliphatic carbocycles. The van der Waals surface area contributed by atoms with Crippen molar-refractivity contribution in [3.63, 3.8) is 0 Å². The predicted octanol–water partition coefficient (Wildman–Crippen LogP) is 3.91. The van der Waals surface area contributed by atoms with Crippen LogP contribution in [0, 0.1) is 21.4 Å². The van der Waals surface area contributed by atoms with Gasteiger partial charge >= 0.3 is 13.8 Å². The number of phosphoric acid groups is 1. The van der Waals surface area contributed by atoms with Crippen LogP contribution in [-0.2, 0) is 29.8 Å². The molecule has 3 atom stereocenters. The molecule has 2 aromatic carbocycles. The molecule has 13 heteroatoms. The van der Waals surface area contributed by atoms with Crippen LogP contribution in [0.3, 0.4) is 0 Å². The first-order valence-corrected chi connectivity index (χ1v) is 12.5. The number of ether oxygens (including phenoxy) is 1. The summed E-state index contributed by atoms with van der Waals surface area (Å²) in [7, 11) is -4.68. The van der Waals surface area contributed by atoms with E-state index in [4.69, 9.17) is 19.0 Å². The van der Waals surface area contributed by atoms with Crippen LogP contribution in [0.4, 0.5) is 5.69 Å². The van der Waals surface area contributed by atoms with Gasteiger partial charge in [0.2, 0.25) is 5.91 Å². The average Bonchev–Trinajstić information content (AvgIpc) is 2.86. The monoisotopic (exact) mass is 531 g/mol. The quantitative estimate of drug-likeness (QED) is 0.119. The van der Waals surface area contributed by atoms with Crippen LogP contribution >= 0.6 is 7.82 Å². The number of nitro benzene ring substituents is 1. The molecule has 2 N–H and O–H groups in total. The Balaban J connectivity index is 2.08. The van der Waals surface area contributed by atoms with Crippen LogP contribution in [0.5, 0.6) is 5.75 Å². The molecular weight excluding hydrogens is 505 g/mol. The minimum atomic E-state index is -4.68. The maximum absolute atomic E-state index is 12.5. The molecule has 0 saturated carbocycles. The summed E-state index contributed by atoms with van der Waals surface area (Å²) in [5.41, 5.74) is 0.390. The number of nitro groups is 1. The first-order chi connectivity index (χ1) is 17.6. The molecule has 0 heterocycles. The largest absolute Gasteiger partial charge is 0.528 e. The van der Waals surface area contributed by atoms with Crippen molar-refractivity contribution in [1.29, 1.82) is 5.26 Å². The van der Waals surface area contributed by atoms with Crippen molar-refractivity contribution < 1.29 is 37.8 Å². The van der Waals surface area contributed by atoms with E-state index in [0.29, 0.717) is 12.0 Å². The van der Waals surface area contributed by atoms with Gasteiger partial charge in [0.25, 0.3) is 5.69 Å². The van der Waals surface area contributed by atoms with E-state index in [9.17, 15) is 29.2 Å². The fraction of sp³-hybridized carbons (Fsp3) is 0.292. The standard InChI is InChI=1S/C24H26N3O9P/c1-3-4-9-23(28)26-21(24(29)34-15-14-25)16-18-10-12-19(13-11-18)36-37(32,33)35-17(2)20-7-5-6-8-22(20)27(30)31/h3,5-8,10-13,17,21H,1,4,9,15-16H2,2H3,(H,26,28)(H,32,33)/t17?,21-/m0/s1. The normalized spacial score (nSPS) is 13.8. The Labute approximate surface area is 213 Å². The van der Waals surface area contributed by atoms with Gasteiger partial charge in [0.05, 0.1) is 16.6 Å². The predicted molar refractivity (Wildman–Crippen MR) is 131 cm³/mol. The third-order valence-corrected chi connectivity index (χ3v) is 5.95. The Morgan fingerprint density at radius 3 is 2.57 bits per heavy atom. The van der Waals surface area contributed by atoms with Gasteiger partial charge in [0.1, 0.15) is 17.9 Å². The van der Waals surface area contributed by atoms with E-state index in [2.05, 4.69) is 11.9 Å². The van der Waals surface area contributed by atoms with Gasteiger partial charge in [-0.05, 0) is 37.1 Å². The highest BCUT2D eigenvalue weighted by atomic mass is 31.2. The van der Waals surface area contributed by atoms with Crippen molar-refractivity contribution in [3.8, 4) is 11.8 Å². The highest BCUT2D eigenvalue weighted by molar-refractivity contribution is 7.47. The number of para-hydroxylation sites is 1. The van der Waals surface area contributed by atoms with Gasteiger partial charge in [-0.25, -0.2) is 9.36 Å². The molecule has 12 nitrogen and oxygen atoms in total. The van der Waals surface area contributed by atoms with E-state index in [1.807, 2.05) is 0 Å². The van der Waals surface area contributed by atoms with Crippen LogP contribution in [0.1, 0.15) is 37.0 Å². The van der Waals surface area contributed by atoms with Crippen molar-refractivity contribution in [2.45, 2.75) is 38.3 Å². The Hall–Kier alpha value is -4.04. The summed E-state index contributed by atoms with van der Waals surface area (Å²) in [5.74, 6) is -1.22. The third-order valence-electron chi connectivity index (χ3n) is 4.92. The SMILES string of the molecule is C=CCCC(=O)N[C@@H](Cc1ccc(OP(=O)(O)OC(C)c2ccccc2[N+](=O)[O-])cc1)C(=O)OCC#N. The first-order valence-electron chi connectivity index (χ1n) is 11.0. The number of nitrogens with one attached hydrogen (secondary N) is 1. The lowest BCUT2D eigenvalue weighted by Gasteiger charge is -2.19. The Morgan fingerprint density at radius 1 is 1.27 bits per heavy atom. The van der Waals surface area contributed by atoms with E-state index < -0.39 is 43.4 Å². The lowest BCUT2D eigenvalue weighted by Crippen LogP contribution is -2.43. The number of nitriles is 1. The highest BCUT2D eigenvalue weighted by Crippen LogP contribution is 2.48. The van der Waals surface area contributed by atoms with Gasteiger partial charge in [0, 0.05) is 18.9 Å². The topological polar surface area (TPSA) is 178 Å². The molecular formula is C24H26N3O9P. The zero-order valence-electron chi connectivity index (χ0n) is 19.9. The molecule has 0 spiro atoms. The number of phosphoric ester groups is 1. The Morgan fingerprint density at radius 2 is 1.95 bits per heavy atom. The van der Waals surface area contributed by atoms with Crippen LogP contribution in [0.25, 0.3) is 0 Å². The molecule has 0 aromatic heterocycles. The number of carbonyl (C=O) groups excluding carboxylic acids is 2. The number of hydrogen-bond acceptors (Lipinski definition) is 9. The molecule has 2 aromatic rings. The molecule has 2 rings (SSSR count). The van der Waals surface area contributed by atoms with E-state index in [-0.39, 0.29) is 29.8 Å². The van der Waals surface area contributed by atoms with Gasteiger partial charge in [-0.1, -0.05) is 30.3 Å². The van der Waals surface area contributed by atoms with Crippen molar-refractivity contribution >= 4 is 25.4 Å². The van der Waals surface area contributed by atoms with Gasteiger partial charge < -0.3 is 14.6 Å². The van der Waals surface area contributed by atoms with Crippen LogP contribution in [0.15, 0.2) is 61.2 Å². The minimum absolute atomic E-state index is 0.0202. The van der Waals surface area contributed by atoms with Crippen LogP contribution < -0.4 is 9.84 Å². The second kappa shape index (κ2) is 13.9. The zero-order chi connectivity index (χ0) is 27.4. The Kier molecular flexibility index (Phi) is 11.0. The summed E-state index contributed by atoms with van der Waals surface area (Å²) in [6.07, 6.45) is 0.993. The molecule has 0 fully saturated rings. The summed E-state index contributed by atoms with van der Waals surface area (Å²) < 4.78 is 27.5. The second-order valence-corrected chi connectivity index (χ2v) is 9.02. The fourth-order valence-corrected chi connectivity index (χ4v) is 4.17. The number of amides is 1. The van der Waals surface area contributed by atoms with Crippen molar-refractivity contribution in [2.24, 2.45) is 0 Å². The summed E-state index contributed by atoms with van der Waals surface area (Å²) >= 11 is 0. The molecule has 196 valence electrons. The molecule has 0 aliphatic rings. The van der Waals surface area contributed by atoms with Crippen molar-refractivity contribution in [2.75, 3.05) is 6.61 Å². The Bertz CT molecular complexity index is 1210. The lowest BCUT2D eigenvalue weighted by molar-refractivity contribution is -0.386. The fourth-order valence-electron chi connectivity index (χ4n) is 3.23. The molecule has 0 bridgehead atoms. The summed E-state index contributed by atoms with van der Waals surface area (Å²) in [6, 6.07) is 12.0. The lowest BCUT2D eigenvalue weighted by atomic mass is 10.1. The summed E-state index contributed by atoms with van der Waals surface area (Å²) in [5, 5.41) is 22.4. The average molecular weight is 531 g/mol. The third kappa shape index (κ3) is 9.50. The second-order valence-electron chi connectivity index (χ2n) is 7.68. The number of hydrogen-bond donors (Lipinski definition) is 2. The maximum atomic E-state index is 12.5. The van der Waals surface area contributed by atoms with Crippen molar-refractivity contribution in [1.82, 2.24) is 5.32 Å². The smallest absolute Gasteiger partial charge is 0.449 e. The van der Waals surface area contributed by atoms with Crippen LogP contribution in [-0.4, -0.2) is 34.3 Å². The highest BCUT2D eigenvalue weighted by Gasteiger charge is 2.30. The first kappa shape index (κ1) is 29.2. The number of esters is 1. The molecule has 0 radical (unpaired) electrons. The van der Waals surface area contributed by atoms with E-state index in [1.165, 1.54) is 55.5 Å². The van der Waals surface area contributed by atoms with Gasteiger partial charge in [-0.3, -0.25) is 24.3 Å². The molecule has 0 aliphatic heterocycles. The number of nitrogens with zero attached hydrogens (tertiary/aromatic N) is 2. The number of benzene rings is 2. The number of carbonyl (C=O) groups is 2. The van der Waals surface area contributed by atoms with Crippen LogP contribution in [0.2, 0.25) is 0 Å².